The predicted octanol–water partition coefficient (Wildman–Crippen LogP) is 2.34. The molecule has 4 saturated carbocycles. The lowest BCUT2D eigenvalue weighted by molar-refractivity contribution is 0.153. The third-order valence-electron chi connectivity index (χ3n) is 4.52. The summed E-state index contributed by atoms with van der Waals surface area (Å²) < 4.78 is 0. The van der Waals surface area contributed by atoms with Gasteiger partial charge >= 0.3 is 0 Å². The lowest BCUT2D eigenvalue weighted by Crippen LogP contribution is -2.28. The first-order valence-corrected chi connectivity index (χ1v) is 6.00. The normalized spacial score (nSPS) is 48.9. The van der Waals surface area contributed by atoms with Crippen LogP contribution in [-0.4, -0.2) is 23.7 Å². The van der Waals surface area contributed by atoms with E-state index >= 15 is 0 Å². The summed E-state index contributed by atoms with van der Waals surface area (Å²) in [6, 6.07) is 0. The molecule has 3 nitrogen and oxygen atoms in total. The Morgan fingerprint density at radius 1 is 0.933 bits per heavy atom. The average Bonchev–Trinajstić information content (AvgIpc) is 2.39. The van der Waals surface area contributed by atoms with Crippen molar-refractivity contribution in [3.8, 4) is 0 Å². The molecule has 0 aromatic rings. The minimum Gasteiger partial charge on any atom is -0.411 e. The molecule has 0 radical (unpaired) electrons. The van der Waals surface area contributed by atoms with Gasteiger partial charge in [0.25, 0.3) is 0 Å². The summed E-state index contributed by atoms with van der Waals surface area (Å²) in [6.07, 6.45) is 6.41. The SMILES string of the molecule is CN=C1C(=NO)C2CC3CC(CC1C3)C2. The van der Waals surface area contributed by atoms with Crippen molar-refractivity contribution >= 4 is 11.4 Å². The van der Waals surface area contributed by atoms with Crippen LogP contribution in [0.5, 0.6) is 0 Å². The first-order valence-electron chi connectivity index (χ1n) is 6.00. The van der Waals surface area contributed by atoms with Crippen LogP contribution in [0.1, 0.15) is 32.1 Å². The highest BCUT2D eigenvalue weighted by molar-refractivity contribution is 6.44. The summed E-state index contributed by atoms with van der Waals surface area (Å²) in [7, 11) is 1.84. The van der Waals surface area contributed by atoms with Crippen LogP contribution in [0, 0.1) is 23.7 Å². The second-order valence-corrected chi connectivity index (χ2v) is 5.40. The van der Waals surface area contributed by atoms with Gasteiger partial charge in [0.05, 0.1) is 5.71 Å². The van der Waals surface area contributed by atoms with E-state index in [1.807, 2.05) is 7.05 Å². The monoisotopic (exact) mass is 206 g/mol. The first kappa shape index (κ1) is 9.37. The molecule has 0 saturated heterocycles. The average molecular weight is 206 g/mol. The largest absolute Gasteiger partial charge is 0.411 e. The summed E-state index contributed by atoms with van der Waals surface area (Å²) in [4.78, 5) is 4.38. The van der Waals surface area contributed by atoms with Crippen LogP contribution in [0.15, 0.2) is 10.1 Å². The van der Waals surface area contributed by atoms with Gasteiger partial charge in [-0.05, 0) is 43.9 Å². The number of hydrogen-bond acceptors (Lipinski definition) is 3. The van der Waals surface area contributed by atoms with Crippen molar-refractivity contribution in [2.45, 2.75) is 32.1 Å². The molecular formula is C12H18N2O. The van der Waals surface area contributed by atoms with Crippen LogP contribution in [0.2, 0.25) is 0 Å². The van der Waals surface area contributed by atoms with E-state index in [-0.39, 0.29) is 0 Å². The number of nitrogens with zero attached hydrogens (tertiary/aromatic N) is 2. The molecule has 1 N–H and O–H groups in total. The van der Waals surface area contributed by atoms with Gasteiger partial charge in [0, 0.05) is 18.9 Å². The molecule has 0 aromatic carbocycles. The predicted molar refractivity (Wildman–Crippen MR) is 59.6 cm³/mol. The fraction of sp³-hybridized carbons (Fsp3) is 0.833. The summed E-state index contributed by atoms with van der Waals surface area (Å²) in [5.41, 5.74) is 2.01. The van der Waals surface area contributed by atoms with Gasteiger partial charge in [-0.25, -0.2) is 0 Å². The Labute approximate surface area is 90.3 Å². The molecule has 2 atom stereocenters. The maximum absolute atomic E-state index is 9.17. The van der Waals surface area contributed by atoms with Gasteiger partial charge in [0.15, 0.2) is 0 Å². The Morgan fingerprint density at radius 2 is 1.47 bits per heavy atom. The zero-order chi connectivity index (χ0) is 10.4. The molecule has 0 spiro atoms. The van der Waals surface area contributed by atoms with Crippen LogP contribution < -0.4 is 0 Å². The van der Waals surface area contributed by atoms with Crippen LogP contribution >= 0.6 is 0 Å². The van der Waals surface area contributed by atoms with Crippen LogP contribution in [0.25, 0.3) is 0 Å². The molecule has 15 heavy (non-hydrogen) atoms. The smallest absolute Gasteiger partial charge is 0.104 e. The van der Waals surface area contributed by atoms with E-state index in [1.54, 1.807) is 0 Å². The fourth-order valence-electron chi connectivity index (χ4n) is 4.15. The van der Waals surface area contributed by atoms with Crippen molar-refractivity contribution in [3.05, 3.63) is 0 Å². The van der Waals surface area contributed by atoms with Crippen molar-refractivity contribution in [2.75, 3.05) is 7.05 Å². The molecule has 0 amide bonds. The van der Waals surface area contributed by atoms with Crippen molar-refractivity contribution < 1.29 is 5.21 Å². The van der Waals surface area contributed by atoms with E-state index in [0.29, 0.717) is 11.8 Å². The quantitative estimate of drug-likeness (QED) is 0.480. The third-order valence-corrected chi connectivity index (χ3v) is 4.52. The van der Waals surface area contributed by atoms with Gasteiger partial charge < -0.3 is 5.21 Å². The van der Waals surface area contributed by atoms with Gasteiger partial charge in [0.2, 0.25) is 0 Å². The first-order chi connectivity index (χ1) is 7.31. The number of rotatable bonds is 0. The molecule has 4 aliphatic rings. The topological polar surface area (TPSA) is 45.0 Å². The zero-order valence-electron chi connectivity index (χ0n) is 9.19. The molecule has 0 aliphatic heterocycles. The highest BCUT2D eigenvalue weighted by Crippen LogP contribution is 2.49. The van der Waals surface area contributed by atoms with E-state index in [4.69, 9.17) is 0 Å². The van der Waals surface area contributed by atoms with Crippen molar-refractivity contribution in [3.63, 3.8) is 0 Å². The molecule has 4 fully saturated rings. The van der Waals surface area contributed by atoms with Crippen LogP contribution in [0.3, 0.4) is 0 Å². The molecule has 0 aromatic heterocycles. The van der Waals surface area contributed by atoms with Gasteiger partial charge in [-0.15, -0.1) is 0 Å². The van der Waals surface area contributed by atoms with Crippen LogP contribution in [0.4, 0.5) is 0 Å². The number of oxime groups is 1. The van der Waals surface area contributed by atoms with Gasteiger partial charge in [-0.3, -0.25) is 4.99 Å². The van der Waals surface area contributed by atoms with Crippen molar-refractivity contribution in [1.29, 1.82) is 0 Å². The Morgan fingerprint density at radius 3 is 1.93 bits per heavy atom. The van der Waals surface area contributed by atoms with E-state index in [0.717, 1.165) is 23.3 Å². The van der Waals surface area contributed by atoms with Crippen molar-refractivity contribution in [2.24, 2.45) is 33.8 Å². The molecule has 4 rings (SSSR count). The van der Waals surface area contributed by atoms with E-state index < -0.39 is 0 Å². The summed E-state index contributed by atoms with van der Waals surface area (Å²) in [6.45, 7) is 0. The Balaban J connectivity index is 2.06. The maximum atomic E-state index is 9.17. The highest BCUT2D eigenvalue weighted by Gasteiger charge is 2.45. The molecule has 3 heteroatoms. The van der Waals surface area contributed by atoms with Crippen molar-refractivity contribution in [1.82, 2.24) is 0 Å². The van der Waals surface area contributed by atoms with E-state index in [2.05, 4.69) is 10.1 Å². The molecule has 2 unspecified atom stereocenters. The van der Waals surface area contributed by atoms with E-state index in [1.165, 1.54) is 32.1 Å². The standard InChI is InChI=1S/C12H18N2O/c1-13-11-9-3-7-2-8(4-9)6-10(5-7)12(11)14-15/h7-10,15H,2-6H2,1H3. The third kappa shape index (κ3) is 1.32. The summed E-state index contributed by atoms with van der Waals surface area (Å²) >= 11 is 0. The maximum Gasteiger partial charge on any atom is 0.104 e. The lowest BCUT2D eigenvalue weighted by atomic mass is 9.68. The second-order valence-electron chi connectivity index (χ2n) is 5.40. The minimum absolute atomic E-state index is 0.491. The fourth-order valence-corrected chi connectivity index (χ4v) is 4.15. The second kappa shape index (κ2) is 3.32. The van der Waals surface area contributed by atoms with Gasteiger partial charge in [0.1, 0.15) is 5.71 Å². The summed E-state index contributed by atoms with van der Waals surface area (Å²) in [5.74, 6) is 2.80. The molecular weight excluding hydrogens is 188 g/mol. The molecule has 0 heterocycles. The molecule has 4 bridgehead atoms. The minimum atomic E-state index is 0.491. The Hall–Kier alpha value is -0.860. The van der Waals surface area contributed by atoms with Crippen LogP contribution in [-0.2, 0) is 0 Å². The van der Waals surface area contributed by atoms with Gasteiger partial charge in [-0.1, -0.05) is 5.16 Å². The Bertz CT molecular complexity index is 291. The van der Waals surface area contributed by atoms with Gasteiger partial charge in [-0.2, -0.15) is 0 Å². The molecule has 4 aliphatic carbocycles. The molecule has 82 valence electrons. The number of hydrogen-bond donors (Lipinski definition) is 1. The lowest BCUT2D eigenvalue weighted by Gasteiger charge is -2.37. The highest BCUT2D eigenvalue weighted by atomic mass is 16.4. The number of fused-ring (bicyclic) bond motifs is 1. The number of aliphatic imine (C=N–C) groups is 1. The zero-order valence-corrected chi connectivity index (χ0v) is 9.19. The summed E-state index contributed by atoms with van der Waals surface area (Å²) in [5, 5.41) is 12.7. The van der Waals surface area contributed by atoms with E-state index in [9.17, 15) is 5.21 Å². The Kier molecular flexibility index (Phi) is 2.08.